The zero-order chi connectivity index (χ0) is 54.3. The lowest BCUT2D eigenvalue weighted by atomic mass is 9.69. The topological polar surface area (TPSA) is 44.0 Å². The maximum atomic E-state index is 11.9. The van der Waals surface area contributed by atoms with E-state index in [9.17, 15) is 5.26 Å². The molecule has 0 radical (unpaired) electrons. The SMILES string of the molecule is C/C=C\c1c(/C=C/C(C)(C)C)c2c(n1-c1c(C#N)cc(N3c4ccc(C(C)(C)C)cc4C4(C)C=C(C(C)(C)C)C=CC34)cc1Nc1ccc(C(C)(C)C)cc1-c1cccc(C(C)(C)C)c1)C=CCC(C(C)(C)C)=C2. The summed E-state index contributed by atoms with van der Waals surface area (Å²) in [5, 5.41) is 16.0. The van der Waals surface area contributed by atoms with Crippen molar-refractivity contribution in [3.63, 3.8) is 0 Å². The van der Waals surface area contributed by atoms with Gasteiger partial charge in [-0.1, -0.05) is 221 Å². The average Bonchev–Trinajstić information content (AvgIpc) is 3.59. The van der Waals surface area contributed by atoms with Crippen LogP contribution in [0.15, 0.2) is 120 Å². The van der Waals surface area contributed by atoms with Crippen molar-refractivity contribution in [3.05, 3.63) is 171 Å². The zero-order valence-corrected chi connectivity index (χ0v) is 48.8. The van der Waals surface area contributed by atoms with Gasteiger partial charge in [-0.25, -0.2) is 0 Å². The fourth-order valence-corrected chi connectivity index (χ4v) is 10.9. The number of allylic oxidation sites excluding steroid dienone is 6. The molecule has 2 atom stereocenters. The molecule has 0 amide bonds. The van der Waals surface area contributed by atoms with Crippen molar-refractivity contribution in [1.82, 2.24) is 4.57 Å². The van der Waals surface area contributed by atoms with E-state index in [-0.39, 0.29) is 43.9 Å². The molecule has 2 aliphatic carbocycles. The molecule has 1 N–H and O–H groups in total. The Kier molecular flexibility index (Phi) is 13.7. The lowest BCUT2D eigenvalue weighted by molar-refractivity contribution is 0.478. The van der Waals surface area contributed by atoms with E-state index >= 15 is 0 Å². The van der Waals surface area contributed by atoms with Gasteiger partial charge < -0.3 is 14.8 Å². The molecule has 0 bridgehead atoms. The highest BCUT2D eigenvalue weighted by molar-refractivity contribution is 5.91. The fraction of sp³-hybridized carbons (Fsp3) is 0.414. The summed E-state index contributed by atoms with van der Waals surface area (Å²) in [6.07, 6.45) is 24.2. The summed E-state index contributed by atoms with van der Waals surface area (Å²) in [7, 11) is 0. The number of nitrogens with one attached hydrogen (secondary N) is 1. The van der Waals surface area contributed by atoms with Gasteiger partial charge in [0, 0.05) is 39.2 Å². The van der Waals surface area contributed by atoms with E-state index in [1.54, 1.807) is 0 Å². The Hall–Kier alpha value is -6.31. The number of fused-ring (bicyclic) bond motifs is 4. The summed E-state index contributed by atoms with van der Waals surface area (Å²) in [6, 6.07) is 30.4. The first-order valence-corrected chi connectivity index (χ1v) is 27.2. The van der Waals surface area contributed by atoms with Crippen LogP contribution < -0.4 is 10.2 Å². The van der Waals surface area contributed by atoms with Gasteiger partial charge in [-0.2, -0.15) is 5.26 Å². The molecule has 1 aromatic heterocycles. The molecule has 0 saturated heterocycles. The standard InChI is InChI=1S/C70H86N4/c1-21-24-59-53(35-36-64(2,3)4)55-40-48(66(8,9)10)27-23-28-60(55)74(59)63-46(44-71)38-52(73-61-33-30-50(68(14,15)16)41-56(61)70(20)43-51(69(17,18)19)31-34-62(70)73)42-58(63)72-57-32-29-49(67(11,12)13)39-54(57)45-25-22-26-47(37-45)65(5,6)7/h21-26,28-43,62,72H,27H2,1-20H3/b24-21-,36-35+. The van der Waals surface area contributed by atoms with E-state index in [4.69, 9.17) is 0 Å². The van der Waals surface area contributed by atoms with Crippen LogP contribution in [0.1, 0.15) is 195 Å². The lowest BCUT2D eigenvalue weighted by Crippen LogP contribution is -2.40. The van der Waals surface area contributed by atoms with Gasteiger partial charge >= 0.3 is 0 Å². The maximum Gasteiger partial charge on any atom is 0.101 e. The molecule has 4 heteroatoms. The van der Waals surface area contributed by atoms with Gasteiger partial charge in [-0.15, -0.1) is 0 Å². The molecule has 0 saturated carbocycles. The molecular weight excluding hydrogens is 897 g/mol. The van der Waals surface area contributed by atoms with Crippen molar-refractivity contribution in [2.75, 3.05) is 10.2 Å². The molecular formula is C70H86N4. The van der Waals surface area contributed by atoms with Crippen molar-refractivity contribution < 1.29 is 0 Å². The molecule has 0 spiro atoms. The lowest BCUT2D eigenvalue weighted by Gasteiger charge is -2.38. The predicted molar refractivity (Wildman–Crippen MR) is 322 cm³/mol. The van der Waals surface area contributed by atoms with Crippen LogP contribution in [0, 0.1) is 27.6 Å². The van der Waals surface area contributed by atoms with E-state index in [1.807, 2.05) is 0 Å². The third kappa shape index (κ3) is 10.4. The summed E-state index contributed by atoms with van der Waals surface area (Å²) in [5.41, 5.74) is 19.3. The van der Waals surface area contributed by atoms with Crippen LogP contribution in [-0.4, -0.2) is 10.6 Å². The zero-order valence-electron chi connectivity index (χ0n) is 48.8. The molecule has 0 fully saturated rings. The van der Waals surface area contributed by atoms with Crippen LogP contribution in [0.3, 0.4) is 0 Å². The smallest absolute Gasteiger partial charge is 0.101 e. The van der Waals surface area contributed by atoms with Crippen molar-refractivity contribution in [3.8, 4) is 22.9 Å². The number of hydrogen-bond donors (Lipinski definition) is 1. The average molecular weight is 983 g/mol. The summed E-state index contributed by atoms with van der Waals surface area (Å²) >= 11 is 0. The highest BCUT2D eigenvalue weighted by atomic mass is 15.2. The normalized spacial score (nSPS) is 18.3. The van der Waals surface area contributed by atoms with E-state index < -0.39 is 0 Å². The number of anilines is 4. The monoisotopic (exact) mass is 983 g/mol. The number of hydrogen-bond acceptors (Lipinski definition) is 3. The Labute approximate surface area is 447 Å². The Bertz CT molecular complexity index is 3240. The van der Waals surface area contributed by atoms with E-state index in [1.165, 1.54) is 39.1 Å². The van der Waals surface area contributed by atoms with Crippen LogP contribution in [0.4, 0.5) is 22.7 Å². The third-order valence-corrected chi connectivity index (χ3v) is 15.6. The van der Waals surface area contributed by atoms with Crippen molar-refractivity contribution >= 4 is 47.1 Å². The highest BCUT2D eigenvalue weighted by Gasteiger charge is 2.49. The molecule has 8 rings (SSSR count). The molecule has 1 aliphatic heterocycles. The molecule has 5 aromatic rings. The third-order valence-electron chi connectivity index (χ3n) is 15.6. The summed E-state index contributed by atoms with van der Waals surface area (Å²) in [6.45, 7) is 45.8. The van der Waals surface area contributed by atoms with Crippen LogP contribution in [0.25, 0.3) is 41.1 Å². The first-order valence-electron chi connectivity index (χ1n) is 27.2. The fourth-order valence-electron chi connectivity index (χ4n) is 10.9. The van der Waals surface area contributed by atoms with Crippen molar-refractivity contribution in [1.29, 1.82) is 5.26 Å². The Morgan fingerprint density at radius 1 is 0.689 bits per heavy atom. The largest absolute Gasteiger partial charge is 0.353 e. The van der Waals surface area contributed by atoms with Crippen LogP contribution in [0.2, 0.25) is 0 Å². The van der Waals surface area contributed by atoms with Gasteiger partial charge in [0.05, 0.1) is 34.4 Å². The van der Waals surface area contributed by atoms with Gasteiger partial charge in [-0.3, -0.25) is 0 Å². The Morgan fingerprint density at radius 3 is 1.95 bits per heavy atom. The Morgan fingerprint density at radius 2 is 1.34 bits per heavy atom. The first kappa shape index (κ1) is 54.0. The number of nitriles is 1. The number of benzene rings is 4. The van der Waals surface area contributed by atoms with Gasteiger partial charge in [0.1, 0.15) is 6.07 Å². The number of aromatic nitrogens is 1. The highest BCUT2D eigenvalue weighted by Crippen LogP contribution is 2.55. The second-order valence-corrected chi connectivity index (χ2v) is 27.9. The number of nitrogens with zero attached hydrogens (tertiary/aromatic N) is 3. The predicted octanol–water partition coefficient (Wildman–Crippen LogP) is 19.9. The second-order valence-electron chi connectivity index (χ2n) is 27.9. The van der Waals surface area contributed by atoms with Crippen LogP contribution in [0.5, 0.6) is 0 Å². The van der Waals surface area contributed by atoms with Gasteiger partial charge in [0.15, 0.2) is 0 Å². The Balaban J connectivity index is 1.50. The van der Waals surface area contributed by atoms with Gasteiger partial charge in [-0.05, 0) is 129 Å². The molecule has 74 heavy (non-hydrogen) atoms. The molecule has 4 aromatic carbocycles. The van der Waals surface area contributed by atoms with Crippen molar-refractivity contribution in [2.24, 2.45) is 16.2 Å². The summed E-state index contributed by atoms with van der Waals surface area (Å²) in [5.74, 6) is 0. The first-order chi connectivity index (χ1) is 34.2. The molecule has 2 heterocycles. The second kappa shape index (κ2) is 18.8. The quantitative estimate of drug-likeness (QED) is 0.177. The minimum Gasteiger partial charge on any atom is -0.353 e. The van der Waals surface area contributed by atoms with E-state index in [2.05, 4.69) is 293 Å². The van der Waals surface area contributed by atoms with E-state index in [0.717, 1.165) is 62.8 Å². The molecule has 3 aliphatic rings. The summed E-state index contributed by atoms with van der Waals surface area (Å²) in [4.78, 5) is 2.51. The summed E-state index contributed by atoms with van der Waals surface area (Å²) < 4.78 is 2.38. The van der Waals surface area contributed by atoms with Gasteiger partial charge in [0.25, 0.3) is 0 Å². The maximum absolute atomic E-state index is 11.9. The molecule has 4 nitrogen and oxygen atoms in total. The van der Waals surface area contributed by atoms with Crippen LogP contribution in [-0.2, 0) is 21.7 Å². The molecule has 386 valence electrons. The number of rotatable bonds is 7. The minimum atomic E-state index is -0.339. The molecule has 2 unspecified atom stereocenters. The minimum absolute atomic E-state index is 0.0311. The van der Waals surface area contributed by atoms with Gasteiger partial charge in [0.2, 0.25) is 0 Å². The van der Waals surface area contributed by atoms with Crippen molar-refractivity contribution in [2.45, 2.75) is 173 Å². The van der Waals surface area contributed by atoms with E-state index in [0.29, 0.717) is 5.56 Å². The van der Waals surface area contributed by atoms with Crippen LogP contribution >= 0.6 is 0 Å².